The van der Waals surface area contributed by atoms with Gasteiger partial charge in [0.05, 0.1) is 10.8 Å². The number of sulfonamides is 1. The van der Waals surface area contributed by atoms with Crippen LogP contribution in [-0.2, 0) is 24.3 Å². The van der Waals surface area contributed by atoms with E-state index in [-0.39, 0.29) is 29.3 Å². The van der Waals surface area contributed by atoms with Gasteiger partial charge in [-0.25, -0.2) is 13.6 Å². The number of carbonyl (C=O) groups is 2. The van der Waals surface area contributed by atoms with Crippen molar-refractivity contribution in [2.24, 2.45) is 22.9 Å². The second kappa shape index (κ2) is 6.37. The minimum absolute atomic E-state index is 0.0451. The van der Waals surface area contributed by atoms with Crippen LogP contribution in [0.4, 0.5) is 5.69 Å². The van der Waals surface area contributed by atoms with Crippen molar-refractivity contribution >= 4 is 27.6 Å². The van der Waals surface area contributed by atoms with E-state index in [0.29, 0.717) is 11.6 Å². The molecule has 1 fully saturated rings. The maximum atomic E-state index is 12.0. The minimum Gasteiger partial charge on any atom is -0.455 e. The predicted octanol–water partition coefficient (Wildman–Crippen LogP) is 1.03. The first kappa shape index (κ1) is 16.7. The Labute approximate surface area is 139 Å². The number of allylic oxidation sites excluding steroid dienone is 2. The van der Waals surface area contributed by atoms with Crippen molar-refractivity contribution in [3.8, 4) is 0 Å². The van der Waals surface area contributed by atoms with Crippen LogP contribution >= 0.6 is 0 Å². The Hall–Kier alpha value is -2.19. The van der Waals surface area contributed by atoms with Gasteiger partial charge in [-0.05, 0) is 48.9 Å². The number of nitrogens with one attached hydrogen (secondary N) is 1. The lowest BCUT2D eigenvalue weighted by Gasteiger charge is -2.16. The molecule has 2 bridgehead atoms. The number of esters is 1. The van der Waals surface area contributed by atoms with E-state index in [4.69, 9.17) is 9.88 Å². The summed E-state index contributed by atoms with van der Waals surface area (Å²) in [5, 5.41) is 7.53. The van der Waals surface area contributed by atoms with Gasteiger partial charge < -0.3 is 10.1 Å². The summed E-state index contributed by atoms with van der Waals surface area (Å²) in [4.78, 5) is 23.8. The molecule has 1 aromatic rings. The highest BCUT2D eigenvalue weighted by atomic mass is 32.2. The van der Waals surface area contributed by atoms with Crippen LogP contribution in [0.2, 0.25) is 0 Å². The van der Waals surface area contributed by atoms with Crippen LogP contribution in [0.1, 0.15) is 12.8 Å². The molecule has 3 rings (SSSR count). The maximum Gasteiger partial charge on any atom is 0.310 e. The molecule has 128 valence electrons. The van der Waals surface area contributed by atoms with Crippen molar-refractivity contribution < 1.29 is 22.7 Å². The number of amides is 1. The molecule has 3 N–H and O–H groups in total. The van der Waals surface area contributed by atoms with E-state index in [1.807, 2.05) is 6.08 Å². The molecule has 0 saturated heterocycles. The summed E-state index contributed by atoms with van der Waals surface area (Å²) in [5.41, 5.74) is 0.395. The number of benzene rings is 1. The summed E-state index contributed by atoms with van der Waals surface area (Å²) < 4.78 is 27.4. The molecule has 2 aliphatic rings. The fourth-order valence-electron chi connectivity index (χ4n) is 3.22. The highest BCUT2D eigenvalue weighted by Crippen LogP contribution is 2.43. The number of anilines is 1. The summed E-state index contributed by atoms with van der Waals surface area (Å²) >= 11 is 0. The Kier molecular flexibility index (Phi) is 4.42. The van der Waals surface area contributed by atoms with Crippen molar-refractivity contribution in [2.75, 3.05) is 11.9 Å². The Morgan fingerprint density at radius 3 is 2.42 bits per heavy atom. The second-order valence-corrected chi connectivity index (χ2v) is 7.67. The summed E-state index contributed by atoms with van der Waals surface area (Å²) in [6.45, 7) is -0.368. The maximum absolute atomic E-state index is 12.0. The van der Waals surface area contributed by atoms with Crippen LogP contribution < -0.4 is 10.5 Å². The van der Waals surface area contributed by atoms with Gasteiger partial charge in [-0.15, -0.1) is 0 Å². The smallest absolute Gasteiger partial charge is 0.310 e. The number of ether oxygens (including phenoxy) is 1. The first-order valence-corrected chi connectivity index (χ1v) is 9.15. The van der Waals surface area contributed by atoms with Gasteiger partial charge in [-0.2, -0.15) is 0 Å². The molecule has 3 unspecified atom stereocenters. The molecule has 2 aliphatic carbocycles. The molecular weight excluding hydrogens is 332 g/mol. The average molecular weight is 350 g/mol. The summed E-state index contributed by atoms with van der Waals surface area (Å²) in [6.07, 6.45) is 5.96. The molecule has 8 heteroatoms. The topological polar surface area (TPSA) is 116 Å². The largest absolute Gasteiger partial charge is 0.455 e. The Balaban J connectivity index is 1.49. The van der Waals surface area contributed by atoms with E-state index in [9.17, 15) is 18.0 Å². The van der Waals surface area contributed by atoms with Crippen LogP contribution in [0.25, 0.3) is 0 Å². The number of hydrogen-bond donors (Lipinski definition) is 2. The molecular formula is C16H18N2O5S. The number of carbonyl (C=O) groups excluding carboxylic acids is 2. The zero-order valence-corrected chi connectivity index (χ0v) is 13.7. The van der Waals surface area contributed by atoms with Crippen LogP contribution in [-0.4, -0.2) is 26.9 Å². The highest BCUT2D eigenvalue weighted by molar-refractivity contribution is 7.89. The third-order valence-corrected chi connectivity index (χ3v) is 5.32. The molecule has 0 radical (unpaired) electrons. The number of hydrogen-bond acceptors (Lipinski definition) is 5. The minimum atomic E-state index is -3.77. The molecule has 24 heavy (non-hydrogen) atoms. The molecule has 0 aromatic heterocycles. The van der Waals surface area contributed by atoms with Crippen LogP contribution in [0.5, 0.6) is 0 Å². The Morgan fingerprint density at radius 2 is 1.88 bits per heavy atom. The zero-order chi connectivity index (χ0) is 17.3. The second-order valence-electron chi connectivity index (χ2n) is 6.11. The quantitative estimate of drug-likeness (QED) is 0.608. The van der Waals surface area contributed by atoms with Gasteiger partial charge in [0.25, 0.3) is 5.91 Å². The lowest BCUT2D eigenvalue weighted by Crippen LogP contribution is -2.26. The zero-order valence-electron chi connectivity index (χ0n) is 12.8. The number of primary sulfonamides is 1. The van der Waals surface area contributed by atoms with E-state index in [1.165, 1.54) is 24.3 Å². The third-order valence-electron chi connectivity index (χ3n) is 4.39. The third kappa shape index (κ3) is 3.65. The average Bonchev–Trinajstić information content (AvgIpc) is 3.15. The molecule has 3 atom stereocenters. The number of nitrogens with two attached hydrogens (primary N) is 1. The van der Waals surface area contributed by atoms with Gasteiger partial charge in [0.1, 0.15) is 0 Å². The summed E-state index contributed by atoms with van der Waals surface area (Å²) in [7, 11) is -3.77. The van der Waals surface area contributed by atoms with E-state index in [2.05, 4.69) is 11.4 Å². The molecule has 0 aliphatic heterocycles. The fourth-order valence-corrected chi connectivity index (χ4v) is 3.74. The lowest BCUT2D eigenvalue weighted by atomic mass is 9.94. The van der Waals surface area contributed by atoms with E-state index in [1.54, 1.807) is 0 Å². The Morgan fingerprint density at radius 1 is 1.17 bits per heavy atom. The van der Waals surface area contributed by atoms with Gasteiger partial charge in [0, 0.05) is 5.69 Å². The number of rotatable bonds is 5. The predicted molar refractivity (Wildman–Crippen MR) is 86.2 cm³/mol. The molecule has 1 aromatic carbocycles. The van der Waals surface area contributed by atoms with Crippen LogP contribution in [0, 0.1) is 17.8 Å². The molecule has 1 amide bonds. The van der Waals surface area contributed by atoms with E-state index >= 15 is 0 Å². The van der Waals surface area contributed by atoms with Crippen molar-refractivity contribution in [1.29, 1.82) is 0 Å². The number of fused-ring (bicyclic) bond motifs is 2. The van der Waals surface area contributed by atoms with Gasteiger partial charge in [0.15, 0.2) is 6.61 Å². The van der Waals surface area contributed by atoms with E-state index in [0.717, 1.165) is 12.8 Å². The van der Waals surface area contributed by atoms with Crippen molar-refractivity contribution in [3.63, 3.8) is 0 Å². The molecule has 0 spiro atoms. The summed E-state index contributed by atoms with van der Waals surface area (Å²) in [6, 6.07) is 5.41. The molecule has 0 heterocycles. The molecule has 7 nitrogen and oxygen atoms in total. The lowest BCUT2D eigenvalue weighted by molar-refractivity contribution is -0.152. The van der Waals surface area contributed by atoms with Gasteiger partial charge in [-0.1, -0.05) is 12.2 Å². The Bertz CT molecular complexity index is 785. The molecule has 1 saturated carbocycles. The first-order valence-electron chi connectivity index (χ1n) is 7.60. The van der Waals surface area contributed by atoms with Crippen LogP contribution in [0.15, 0.2) is 41.3 Å². The van der Waals surface area contributed by atoms with Gasteiger partial charge in [-0.3, -0.25) is 9.59 Å². The van der Waals surface area contributed by atoms with Crippen molar-refractivity contribution in [3.05, 3.63) is 36.4 Å². The highest BCUT2D eigenvalue weighted by Gasteiger charge is 2.40. The van der Waals surface area contributed by atoms with Gasteiger partial charge in [0.2, 0.25) is 10.0 Å². The fraction of sp³-hybridized carbons (Fsp3) is 0.375. The summed E-state index contributed by atoms with van der Waals surface area (Å²) in [5.74, 6) is -0.283. The SMILES string of the molecule is NS(=O)(=O)c1ccc(NC(=O)COC(=O)C2CC3C=CC2C3)cc1. The standard InChI is InChI=1S/C16H18N2O5S/c17-24(21,22)13-5-3-12(4-6-13)18-15(19)9-23-16(20)14-8-10-1-2-11(14)7-10/h1-6,10-11,14H,7-9H2,(H,18,19)(H2,17,21,22). The van der Waals surface area contributed by atoms with E-state index < -0.39 is 15.9 Å². The van der Waals surface area contributed by atoms with Crippen LogP contribution in [0.3, 0.4) is 0 Å². The first-order chi connectivity index (χ1) is 11.3. The monoisotopic (exact) mass is 350 g/mol. The van der Waals surface area contributed by atoms with Crippen molar-refractivity contribution in [2.45, 2.75) is 17.7 Å². The normalized spacial score (nSPS) is 24.8. The van der Waals surface area contributed by atoms with Gasteiger partial charge >= 0.3 is 5.97 Å². The van der Waals surface area contributed by atoms with Crippen molar-refractivity contribution in [1.82, 2.24) is 0 Å².